The summed E-state index contributed by atoms with van der Waals surface area (Å²) in [7, 11) is 0. The predicted octanol–water partition coefficient (Wildman–Crippen LogP) is 17.6. The van der Waals surface area contributed by atoms with Gasteiger partial charge < -0.3 is 14.2 Å². The summed E-state index contributed by atoms with van der Waals surface area (Å²) in [5, 5.41) is 0. The first kappa shape index (κ1) is 60.1. The fraction of sp³-hybridized carbons (Fsp3) is 0.772. The Morgan fingerprint density at radius 2 is 0.619 bits per heavy atom. The average molecular weight is 881 g/mol. The monoisotopic (exact) mass is 881 g/mol. The molecule has 0 aliphatic carbocycles. The van der Waals surface area contributed by atoms with E-state index in [4.69, 9.17) is 14.2 Å². The molecule has 0 heterocycles. The molecule has 0 aromatic carbocycles. The Balaban J connectivity index is 4.40. The van der Waals surface area contributed by atoms with Gasteiger partial charge in [-0.2, -0.15) is 0 Å². The van der Waals surface area contributed by atoms with Crippen molar-refractivity contribution in [1.29, 1.82) is 0 Å². The van der Waals surface area contributed by atoms with Crippen LogP contribution in [-0.2, 0) is 28.6 Å². The molecule has 0 saturated carbocycles. The van der Waals surface area contributed by atoms with E-state index < -0.39 is 6.10 Å². The lowest BCUT2D eigenvalue weighted by Gasteiger charge is -2.18. The van der Waals surface area contributed by atoms with Gasteiger partial charge >= 0.3 is 17.9 Å². The molecular weight excluding hydrogens is 781 g/mol. The maximum atomic E-state index is 12.8. The van der Waals surface area contributed by atoms with E-state index in [9.17, 15) is 14.4 Å². The molecular formula is C57H100O6. The van der Waals surface area contributed by atoms with Gasteiger partial charge in [-0.1, -0.05) is 223 Å². The SMILES string of the molecule is CC/C=C\C/C=C\C/C=C\CCCCCC(=O)OCC(COC(=O)CCCCCCCCC/C=C\C/C=C\CCCCC)OC(=O)CCCCCCCCCCCCCCCCC. The molecule has 6 heteroatoms. The highest BCUT2D eigenvalue weighted by Crippen LogP contribution is 2.15. The molecule has 0 fully saturated rings. The van der Waals surface area contributed by atoms with Gasteiger partial charge in [0.25, 0.3) is 0 Å². The summed E-state index contributed by atoms with van der Waals surface area (Å²) in [6.45, 7) is 6.48. The minimum Gasteiger partial charge on any atom is -0.462 e. The van der Waals surface area contributed by atoms with Gasteiger partial charge in [-0.15, -0.1) is 0 Å². The van der Waals surface area contributed by atoms with Gasteiger partial charge in [-0.25, -0.2) is 0 Å². The highest BCUT2D eigenvalue weighted by molar-refractivity contribution is 5.71. The van der Waals surface area contributed by atoms with Crippen LogP contribution in [0.1, 0.15) is 265 Å². The number of unbranched alkanes of at least 4 members (excludes halogenated alkanes) is 27. The van der Waals surface area contributed by atoms with E-state index >= 15 is 0 Å². The number of ether oxygens (including phenoxy) is 3. The van der Waals surface area contributed by atoms with Crippen molar-refractivity contribution in [2.75, 3.05) is 13.2 Å². The molecule has 0 saturated heterocycles. The lowest BCUT2D eigenvalue weighted by atomic mass is 10.0. The first-order valence-corrected chi connectivity index (χ1v) is 26.8. The van der Waals surface area contributed by atoms with Gasteiger partial charge in [0.2, 0.25) is 0 Å². The van der Waals surface area contributed by atoms with Gasteiger partial charge in [-0.3, -0.25) is 14.4 Å². The maximum absolute atomic E-state index is 12.8. The molecule has 364 valence electrons. The molecule has 0 bridgehead atoms. The Bertz CT molecular complexity index is 1150. The molecule has 0 amide bonds. The summed E-state index contributed by atoms with van der Waals surface area (Å²) >= 11 is 0. The molecule has 0 spiro atoms. The summed E-state index contributed by atoms with van der Waals surface area (Å²) in [4.78, 5) is 38.0. The van der Waals surface area contributed by atoms with Crippen molar-refractivity contribution in [3.05, 3.63) is 60.8 Å². The van der Waals surface area contributed by atoms with Crippen LogP contribution in [0.5, 0.6) is 0 Å². The Kier molecular flexibility index (Phi) is 49.4. The number of rotatable bonds is 48. The molecule has 0 N–H and O–H groups in total. The van der Waals surface area contributed by atoms with Gasteiger partial charge in [0.15, 0.2) is 6.10 Å². The molecule has 1 atom stereocenters. The Morgan fingerprint density at radius 1 is 0.333 bits per heavy atom. The minimum absolute atomic E-state index is 0.0859. The number of hydrogen-bond donors (Lipinski definition) is 0. The molecule has 6 nitrogen and oxygen atoms in total. The number of esters is 3. The molecule has 1 unspecified atom stereocenters. The second kappa shape index (κ2) is 51.7. The third kappa shape index (κ3) is 50.0. The van der Waals surface area contributed by atoms with E-state index in [1.54, 1.807) is 0 Å². The maximum Gasteiger partial charge on any atom is 0.306 e. The fourth-order valence-corrected chi connectivity index (χ4v) is 7.49. The third-order valence-electron chi connectivity index (χ3n) is 11.5. The molecule has 0 aliphatic rings. The summed E-state index contributed by atoms with van der Waals surface area (Å²) in [6, 6.07) is 0. The fourth-order valence-electron chi connectivity index (χ4n) is 7.49. The van der Waals surface area contributed by atoms with E-state index in [2.05, 4.69) is 81.5 Å². The van der Waals surface area contributed by atoms with Gasteiger partial charge in [0.05, 0.1) is 0 Å². The van der Waals surface area contributed by atoms with Crippen molar-refractivity contribution in [1.82, 2.24) is 0 Å². The quantitative estimate of drug-likeness (QED) is 0.0262. The smallest absolute Gasteiger partial charge is 0.306 e. The van der Waals surface area contributed by atoms with Crippen LogP contribution in [0.15, 0.2) is 60.8 Å². The summed E-state index contributed by atoms with van der Waals surface area (Å²) in [5.41, 5.74) is 0. The van der Waals surface area contributed by atoms with Crippen molar-refractivity contribution in [2.45, 2.75) is 271 Å². The largest absolute Gasteiger partial charge is 0.462 e. The van der Waals surface area contributed by atoms with Gasteiger partial charge in [0.1, 0.15) is 13.2 Å². The number of carbonyl (C=O) groups excluding carboxylic acids is 3. The van der Waals surface area contributed by atoms with E-state index in [1.807, 2.05) is 0 Å². The average Bonchev–Trinajstić information content (AvgIpc) is 3.28. The van der Waals surface area contributed by atoms with Crippen LogP contribution in [0, 0.1) is 0 Å². The second-order valence-corrected chi connectivity index (χ2v) is 17.8. The topological polar surface area (TPSA) is 78.9 Å². The minimum atomic E-state index is -0.787. The lowest BCUT2D eigenvalue weighted by Crippen LogP contribution is -2.30. The van der Waals surface area contributed by atoms with Crippen molar-refractivity contribution >= 4 is 17.9 Å². The third-order valence-corrected chi connectivity index (χ3v) is 11.5. The zero-order chi connectivity index (χ0) is 45.8. The Hall–Kier alpha value is -2.89. The highest BCUT2D eigenvalue weighted by atomic mass is 16.6. The first-order valence-electron chi connectivity index (χ1n) is 26.8. The van der Waals surface area contributed by atoms with Crippen LogP contribution < -0.4 is 0 Å². The highest BCUT2D eigenvalue weighted by Gasteiger charge is 2.19. The van der Waals surface area contributed by atoms with Crippen LogP contribution >= 0.6 is 0 Å². The van der Waals surface area contributed by atoms with Crippen LogP contribution in [0.3, 0.4) is 0 Å². The van der Waals surface area contributed by atoms with E-state index in [0.29, 0.717) is 19.3 Å². The Labute approximate surface area is 390 Å². The lowest BCUT2D eigenvalue weighted by molar-refractivity contribution is -0.167. The molecule has 63 heavy (non-hydrogen) atoms. The van der Waals surface area contributed by atoms with Crippen LogP contribution in [0.4, 0.5) is 0 Å². The van der Waals surface area contributed by atoms with Crippen LogP contribution in [0.25, 0.3) is 0 Å². The number of allylic oxidation sites excluding steroid dienone is 10. The summed E-state index contributed by atoms with van der Waals surface area (Å²) in [5.74, 6) is -0.915. The predicted molar refractivity (Wildman–Crippen MR) is 270 cm³/mol. The van der Waals surface area contributed by atoms with Gasteiger partial charge in [-0.05, 0) is 83.5 Å². The van der Waals surface area contributed by atoms with Gasteiger partial charge in [0, 0.05) is 19.3 Å². The number of hydrogen-bond acceptors (Lipinski definition) is 6. The molecule has 0 aliphatic heterocycles. The summed E-state index contributed by atoms with van der Waals surface area (Å²) < 4.78 is 16.8. The molecule has 0 radical (unpaired) electrons. The zero-order valence-electron chi connectivity index (χ0n) is 41.6. The summed E-state index contributed by atoms with van der Waals surface area (Å²) in [6.07, 6.45) is 63.5. The van der Waals surface area contributed by atoms with Crippen LogP contribution in [-0.4, -0.2) is 37.2 Å². The van der Waals surface area contributed by atoms with Crippen molar-refractivity contribution < 1.29 is 28.6 Å². The zero-order valence-corrected chi connectivity index (χ0v) is 41.6. The molecule has 0 rings (SSSR count). The molecule has 0 aromatic heterocycles. The molecule has 0 aromatic rings. The van der Waals surface area contributed by atoms with E-state index in [1.165, 1.54) is 128 Å². The van der Waals surface area contributed by atoms with E-state index in [-0.39, 0.29) is 31.1 Å². The standard InChI is InChI=1S/C57H100O6/c1-4-7-10-13-16-19-22-25-27-28-30-32-35-38-41-44-47-50-56(59)62-53-54(52-61-55(58)49-46-43-40-37-34-31-24-21-18-15-12-9-6-3)63-57(60)51-48-45-42-39-36-33-29-26-23-20-17-14-11-8-5-2/h9,12,16,18-19,21,25,27,31,34,54H,4-8,10-11,13-15,17,20,22-24,26,28-30,32-33,35-53H2,1-3H3/b12-9-,19-16-,21-18-,27-25-,34-31-. The van der Waals surface area contributed by atoms with Crippen molar-refractivity contribution in [2.24, 2.45) is 0 Å². The number of carbonyl (C=O) groups is 3. The first-order chi connectivity index (χ1) is 31.0. The van der Waals surface area contributed by atoms with Crippen LogP contribution in [0.2, 0.25) is 0 Å². The van der Waals surface area contributed by atoms with E-state index in [0.717, 1.165) is 96.3 Å². The Morgan fingerprint density at radius 3 is 1.02 bits per heavy atom. The van der Waals surface area contributed by atoms with Crippen molar-refractivity contribution in [3.8, 4) is 0 Å². The normalized spacial score (nSPS) is 12.5. The van der Waals surface area contributed by atoms with Crippen molar-refractivity contribution in [3.63, 3.8) is 0 Å². The second-order valence-electron chi connectivity index (χ2n) is 17.8.